The number of rotatable bonds is 5. The molecule has 0 radical (unpaired) electrons. The first kappa shape index (κ1) is 12.2. The summed E-state index contributed by atoms with van der Waals surface area (Å²) in [6.07, 6.45) is 2.97. The lowest BCUT2D eigenvalue weighted by molar-refractivity contribution is -0.116. The smallest absolute Gasteiger partial charge is 0.257 e. The summed E-state index contributed by atoms with van der Waals surface area (Å²) < 4.78 is 5.18. The van der Waals surface area contributed by atoms with Crippen molar-refractivity contribution in [3.8, 4) is 5.75 Å². The third-order valence-corrected chi connectivity index (χ3v) is 1.81. The molecule has 0 saturated heterocycles. The zero-order valence-corrected chi connectivity index (χ0v) is 8.72. The van der Waals surface area contributed by atoms with Crippen LogP contribution in [0.15, 0.2) is 30.3 Å². The minimum atomic E-state index is -0.361. The maximum atomic E-state index is 10.8. The molecule has 16 heavy (non-hydrogen) atoms. The highest BCUT2D eigenvalue weighted by molar-refractivity contribution is 5.91. The summed E-state index contributed by atoms with van der Waals surface area (Å²) in [6, 6.07) is 7.12. The Labute approximate surface area is 93.5 Å². The molecule has 0 atom stereocenters. The number of ether oxygens (including phenoxy) is 1. The molecule has 0 aliphatic rings. The molecule has 4 N–H and O–H groups in total. The average Bonchev–Trinajstić information content (AvgIpc) is 2.34. The molecule has 1 aromatic carbocycles. The topological polar surface area (TPSA) is 84.6 Å². The Morgan fingerprint density at radius 2 is 2.12 bits per heavy atom. The standard InChI is InChI=1S/C11H14N2O3/c12-13-11(15)6-3-9-1-4-10(5-2-9)16-8-7-14/h1-6,14H,7-8,12H2,(H,13,15). The third-order valence-electron chi connectivity index (χ3n) is 1.81. The van der Waals surface area contributed by atoms with Gasteiger partial charge in [0, 0.05) is 6.08 Å². The Kier molecular flexibility index (Phi) is 5.04. The molecule has 0 aliphatic heterocycles. The number of aliphatic hydroxyl groups excluding tert-OH is 1. The van der Waals surface area contributed by atoms with Crippen molar-refractivity contribution in [3.63, 3.8) is 0 Å². The van der Waals surface area contributed by atoms with Gasteiger partial charge in [-0.25, -0.2) is 5.84 Å². The maximum absolute atomic E-state index is 10.8. The molecule has 1 amide bonds. The predicted octanol–water partition coefficient (Wildman–Crippen LogP) is 0.0608. The van der Waals surface area contributed by atoms with Crippen LogP contribution < -0.4 is 16.0 Å². The van der Waals surface area contributed by atoms with Crippen LogP contribution in [0, 0.1) is 0 Å². The number of hydrogen-bond acceptors (Lipinski definition) is 4. The SMILES string of the molecule is NNC(=O)C=Cc1ccc(OCCO)cc1. The Morgan fingerprint density at radius 1 is 1.44 bits per heavy atom. The number of nitrogens with one attached hydrogen (secondary N) is 1. The van der Waals surface area contributed by atoms with E-state index in [2.05, 4.69) is 0 Å². The van der Waals surface area contributed by atoms with Crippen LogP contribution in [0.3, 0.4) is 0 Å². The van der Waals surface area contributed by atoms with E-state index in [-0.39, 0.29) is 19.1 Å². The summed E-state index contributed by atoms with van der Waals surface area (Å²) >= 11 is 0. The van der Waals surface area contributed by atoms with Gasteiger partial charge < -0.3 is 9.84 Å². The fourth-order valence-corrected chi connectivity index (χ4v) is 1.06. The highest BCUT2D eigenvalue weighted by Gasteiger charge is 1.93. The highest BCUT2D eigenvalue weighted by Crippen LogP contribution is 2.12. The minimum Gasteiger partial charge on any atom is -0.491 e. The number of nitrogens with two attached hydrogens (primary N) is 1. The first-order valence-corrected chi connectivity index (χ1v) is 4.78. The van der Waals surface area contributed by atoms with E-state index < -0.39 is 0 Å². The van der Waals surface area contributed by atoms with E-state index in [1.165, 1.54) is 6.08 Å². The molecule has 0 aromatic heterocycles. The zero-order valence-electron chi connectivity index (χ0n) is 8.72. The molecule has 0 unspecified atom stereocenters. The lowest BCUT2D eigenvalue weighted by Gasteiger charge is -2.03. The van der Waals surface area contributed by atoms with Crippen LogP contribution in [-0.2, 0) is 4.79 Å². The Hall–Kier alpha value is -1.85. The zero-order chi connectivity index (χ0) is 11.8. The van der Waals surface area contributed by atoms with E-state index in [1.807, 2.05) is 5.43 Å². The Bertz CT molecular complexity index is 360. The van der Waals surface area contributed by atoms with Gasteiger partial charge in [-0.3, -0.25) is 10.2 Å². The second-order valence-corrected chi connectivity index (χ2v) is 2.98. The second-order valence-electron chi connectivity index (χ2n) is 2.98. The van der Waals surface area contributed by atoms with Crippen LogP contribution in [0.5, 0.6) is 5.75 Å². The minimum absolute atomic E-state index is 0.0156. The van der Waals surface area contributed by atoms with Gasteiger partial charge in [-0.1, -0.05) is 12.1 Å². The molecule has 5 nitrogen and oxygen atoms in total. The number of amides is 1. The molecule has 0 fully saturated rings. The van der Waals surface area contributed by atoms with Crippen molar-refractivity contribution in [2.75, 3.05) is 13.2 Å². The molecule has 5 heteroatoms. The van der Waals surface area contributed by atoms with Crippen molar-refractivity contribution in [1.29, 1.82) is 0 Å². The van der Waals surface area contributed by atoms with Crippen LogP contribution >= 0.6 is 0 Å². The number of benzene rings is 1. The van der Waals surface area contributed by atoms with Crippen molar-refractivity contribution >= 4 is 12.0 Å². The maximum Gasteiger partial charge on any atom is 0.257 e. The molecule has 1 rings (SSSR count). The van der Waals surface area contributed by atoms with Gasteiger partial charge in [0.2, 0.25) is 0 Å². The lowest BCUT2D eigenvalue weighted by atomic mass is 10.2. The van der Waals surface area contributed by atoms with Crippen molar-refractivity contribution in [2.45, 2.75) is 0 Å². The largest absolute Gasteiger partial charge is 0.491 e. The highest BCUT2D eigenvalue weighted by atomic mass is 16.5. The van der Waals surface area contributed by atoms with Gasteiger partial charge in [0.1, 0.15) is 12.4 Å². The third kappa shape index (κ3) is 4.12. The van der Waals surface area contributed by atoms with Crippen molar-refractivity contribution in [3.05, 3.63) is 35.9 Å². The number of carbonyl (C=O) groups is 1. The summed E-state index contributed by atoms with van der Waals surface area (Å²) in [7, 11) is 0. The van der Waals surface area contributed by atoms with Crippen LogP contribution in [0.4, 0.5) is 0 Å². The van der Waals surface area contributed by atoms with Crippen molar-refractivity contribution in [2.24, 2.45) is 5.84 Å². The lowest BCUT2D eigenvalue weighted by Crippen LogP contribution is -2.27. The van der Waals surface area contributed by atoms with E-state index in [1.54, 1.807) is 30.3 Å². The average molecular weight is 222 g/mol. The van der Waals surface area contributed by atoms with Gasteiger partial charge in [0.15, 0.2) is 0 Å². The molecular formula is C11H14N2O3. The van der Waals surface area contributed by atoms with Gasteiger partial charge in [0.05, 0.1) is 6.61 Å². The van der Waals surface area contributed by atoms with Crippen molar-refractivity contribution < 1.29 is 14.6 Å². The van der Waals surface area contributed by atoms with Gasteiger partial charge in [-0.15, -0.1) is 0 Å². The summed E-state index contributed by atoms with van der Waals surface area (Å²) in [4.78, 5) is 10.8. The summed E-state index contributed by atoms with van der Waals surface area (Å²) in [5, 5.41) is 8.56. The fourth-order valence-electron chi connectivity index (χ4n) is 1.06. The fraction of sp³-hybridized carbons (Fsp3) is 0.182. The molecular weight excluding hydrogens is 208 g/mol. The van der Waals surface area contributed by atoms with Gasteiger partial charge in [0.25, 0.3) is 5.91 Å². The predicted molar refractivity (Wildman–Crippen MR) is 60.4 cm³/mol. The summed E-state index contributed by atoms with van der Waals surface area (Å²) in [5.74, 6) is 5.24. The normalized spacial score (nSPS) is 10.4. The van der Waals surface area contributed by atoms with Gasteiger partial charge >= 0.3 is 0 Å². The number of aliphatic hydroxyl groups is 1. The number of hydrazine groups is 1. The van der Waals surface area contributed by atoms with Crippen LogP contribution in [-0.4, -0.2) is 24.2 Å². The Morgan fingerprint density at radius 3 is 2.69 bits per heavy atom. The molecule has 0 saturated carbocycles. The number of hydrogen-bond donors (Lipinski definition) is 3. The monoisotopic (exact) mass is 222 g/mol. The van der Waals surface area contributed by atoms with E-state index >= 15 is 0 Å². The van der Waals surface area contributed by atoms with Crippen LogP contribution in [0.25, 0.3) is 6.08 Å². The van der Waals surface area contributed by atoms with E-state index in [0.717, 1.165) is 5.56 Å². The first-order chi connectivity index (χ1) is 7.76. The van der Waals surface area contributed by atoms with Crippen LogP contribution in [0.2, 0.25) is 0 Å². The Balaban J connectivity index is 2.57. The molecule has 0 bridgehead atoms. The molecule has 0 aliphatic carbocycles. The number of carbonyl (C=O) groups excluding carboxylic acids is 1. The second kappa shape index (κ2) is 6.60. The molecule has 1 aromatic rings. The van der Waals surface area contributed by atoms with E-state index in [9.17, 15) is 4.79 Å². The van der Waals surface area contributed by atoms with Crippen LogP contribution in [0.1, 0.15) is 5.56 Å². The quantitative estimate of drug-likeness (QED) is 0.285. The van der Waals surface area contributed by atoms with Gasteiger partial charge in [-0.05, 0) is 23.8 Å². The van der Waals surface area contributed by atoms with E-state index in [4.69, 9.17) is 15.7 Å². The van der Waals surface area contributed by atoms with E-state index in [0.29, 0.717) is 5.75 Å². The molecule has 0 spiro atoms. The summed E-state index contributed by atoms with van der Waals surface area (Å²) in [5.41, 5.74) is 2.86. The van der Waals surface area contributed by atoms with Gasteiger partial charge in [-0.2, -0.15) is 0 Å². The summed E-state index contributed by atoms with van der Waals surface area (Å²) in [6.45, 7) is 0.253. The molecule has 0 heterocycles. The molecule has 86 valence electrons. The first-order valence-electron chi connectivity index (χ1n) is 4.78. The van der Waals surface area contributed by atoms with Crippen molar-refractivity contribution in [1.82, 2.24) is 5.43 Å².